The maximum atomic E-state index is 8.42. The molecule has 29 heavy (non-hydrogen) atoms. The minimum absolute atomic E-state index is 0. The van der Waals surface area contributed by atoms with E-state index >= 15 is 0 Å². The van der Waals surface area contributed by atoms with Gasteiger partial charge in [0, 0.05) is 0 Å². The molecular weight excluding hydrogens is 378 g/mol. The first kappa shape index (κ1) is 21.0. The van der Waals surface area contributed by atoms with E-state index in [2.05, 4.69) is 121 Å². The standard InChI is InChI=1S/C24H20P.BO3/c1-5-13-21(14-6-1)25(22-15-7-2-8-16-22,23-17-9-3-10-18-23)24-19-11-4-12-20-24;2-1(3)4/h1-20H;/q+1;-3/p+2. The fourth-order valence-electron chi connectivity index (χ4n) is 3.50. The highest BCUT2D eigenvalue weighted by Gasteiger charge is 2.47. The second-order valence-electron chi connectivity index (χ2n) is 6.30. The molecule has 0 fully saturated rings. The van der Waals surface area contributed by atoms with Crippen LogP contribution < -0.4 is 36.3 Å². The maximum Gasteiger partial charge on any atom is 1.00 e. The van der Waals surface area contributed by atoms with Crippen molar-refractivity contribution in [1.82, 2.24) is 0 Å². The Morgan fingerprint density at radius 1 is 0.414 bits per heavy atom. The van der Waals surface area contributed by atoms with E-state index < -0.39 is 14.6 Å². The average molecular weight is 400 g/mol. The van der Waals surface area contributed by atoms with E-state index in [-0.39, 0.29) is 2.85 Å². The summed E-state index contributed by atoms with van der Waals surface area (Å²) in [5, 5.41) is 30.8. The van der Waals surface area contributed by atoms with E-state index in [0.717, 1.165) is 0 Å². The van der Waals surface area contributed by atoms with Crippen molar-refractivity contribution in [2.24, 2.45) is 0 Å². The lowest BCUT2D eigenvalue weighted by Gasteiger charge is -2.35. The summed E-state index contributed by atoms with van der Waals surface area (Å²) in [7, 11) is -4.82. The molecule has 0 saturated carbocycles. The second-order valence-corrected chi connectivity index (χ2v) is 9.71. The molecule has 5 heteroatoms. The van der Waals surface area contributed by atoms with E-state index in [4.69, 9.17) is 15.1 Å². The van der Waals surface area contributed by atoms with Gasteiger partial charge in [0.15, 0.2) is 0 Å². The molecule has 0 aliphatic carbocycles. The lowest BCUT2D eigenvalue weighted by molar-refractivity contribution is -0.479. The molecule has 0 radical (unpaired) electrons. The Kier molecular flexibility index (Phi) is 7.34. The molecule has 0 unspecified atom stereocenters. The van der Waals surface area contributed by atoms with Crippen LogP contribution in [0, 0.1) is 0 Å². The Bertz CT molecular complexity index is 826. The van der Waals surface area contributed by atoms with E-state index in [0.29, 0.717) is 0 Å². The van der Waals surface area contributed by atoms with Crippen molar-refractivity contribution in [2.45, 2.75) is 0 Å². The zero-order valence-electron chi connectivity index (χ0n) is 17.8. The molecule has 0 aliphatic heterocycles. The zero-order valence-corrected chi connectivity index (χ0v) is 16.7. The smallest absolute Gasteiger partial charge is 0.907 e. The first-order valence-corrected chi connectivity index (χ1v) is 11.0. The molecule has 4 aromatic carbocycles. The van der Waals surface area contributed by atoms with Crippen molar-refractivity contribution in [1.29, 1.82) is 0 Å². The average Bonchev–Trinajstić information content (AvgIpc) is 2.77. The third kappa shape index (κ3) is 4.82. The first-order chi connectivity index (χ1) is 14.2. The third-order valence-corrected chi connectivity index (χ3v) is 8.86. The van der Waals surface area contributed by atoms with E-state index in [1.54, 1.807) is 0 Å². The number of hydrogen-bond donors (Lipinski definition) is 0. The van der Waals surface area contributed by atoms with Crippen LogP contribution in [0.15, 0.2) is 121 Å². The highest BCUT2D eigenvalue weighted by atomic mass is 31.2. The lowest BCUT2D eigenvalue weighted by Crippen LogP contribution is -2.56. The van der Waals surface area contributed by atoms with Gasteiger partial charge in [-0.2, -0.15) is 0 Å². The fraction of sp³-hybridized carbons (Fsp3) is 0. The molecule has 0 aromatic heterocycles. The summed E-state index contributed by atoms with van der Waals surface area (Å²) < 4.78 is 0. The first-order valence-electron chi connectivity index (χ1n) is 9.24. The van der Waals surface area contributed by atoms with Gasteiger partial charge in [0.05, 0.1) is 0 Å². The van der Waals surface area contributed by atoms with Gasteiger partial charge in [-0.3, -0.25) is 7.32 Å². The molecule has 0 saturated heterocycles. The van der Waals surface area contributed by atoms with Crippen molar-refractivity contribution in [3.8, 4) is 0 Å². The topological polar surface area (TPSA) is 69.2 Å². The highest BCUT2D eigenvalue weighted by molar-refractivity contribution is 8.01. The van der Waals surface area contributed by atoms with Crippen LogP contribution in [-0.4, -0.2) is 7.32 Å². The minimum atomic E-state index is -2.92. The van der Waals surface area contributed by atoms with Gasteiger partial charge in [-0.15, -0.1) is 0 Å². The van der Waals surface area contributed by atoms with Crippen LogP contribution in [0.1, 0.15) is 2.85 Å². The molecule has 0 bridgehead atoms. The summed E-state index contributed by atoms with van der Waals surface area (Å²) in [5.74, 6) is 0. The van der Waals surface area contributed by atoms with Crippen LogP contribution in [0.3, 0.4) is 0 Å². The number of benzene rings is 4. The van der Waals surface area contributed by atoms with Crippen LogP contribution in [0.4, 0.5) is 0 Å². The quantitative estimate of drug-likeness (QED) is 0.372. The fourth-order valence-corrected chi connectivity index (χ4v) is 7.77. The predicted octanol–water partition coefficient (Wildman–Crippen LogP) is 0.583. The van der Waals surface area contributed by atoms with Crippen molar-refractivity contribution >= 4 is 35.8 Å². The van der Waals surface area contributed by atoms with Crippen molar-refractivity contribution in [2.75, 3.05) is 0 Å². The summed E-state index contributed by atoms with van der Waals surface area (Å²) in [4.78, 5) is 0. The van der Waals surface area contributed by atoms with Gasteiger partial charge in [-0.25, -0.2) is 0 Å². The molecule has 0 heterocycles. The van der Waals surface area contributed by atoms with E-state index in [1.165, 1.54) is 21.2 Å². The lowest BCUT2D eigenvalue weighted by atomic mass is 10.3. The Balaban J connectivity index is 0.000000741. The molecule has 4 aromatic rings. The summed E-state index contributed by atoms with van der Waals surface area (Å²) in [6.45, 7) is 0. The van der Waals surface area contributed by atoms with Crippen LogP contribution in [0.25, 0.3) is 0 Å². The van der Waals surface area contributed by atoms with Crippen LogP contribution in [-0.2, 0) is 0 Å². The third-order valence-electron chi connectivity index (χ3n) is 4.57. The highest BCUT2D eigenvalue weighted by Crippen LogP contribution is 2.53. The van der Waals surface area contributed by atoms with Crippen LogP contribution in [0.2, 0.25) is 0 Å². The van der Waals surface area contributed by atoms with Gasteiger partial charge in [-0.1, -0.05) is 72.8 Å². The normalized spacial score (nSPS) is 10.6. The molecule has 4 rings (SSSR count). The number of rotatable bonds is 4. The van der Waals surface area contributed by atoms with Crippen LogP contribution >= 0.6 is 7.26 Å². The monoisotopic (exact) mass is 400 g/mol. The minimum Gasteiger partial charge on any atom is -0.907 e. The van der Waals surface area contributed by atoms with Gasteiger partial charge >= 0.3 is 2.85 Å². The molecular formula is C24H22BO3P. The van der Waals surface area contributed by atoms with E-state index in [9.17, 15) is 0 Å². The zero-order chi connectivity index (χ0) is 20.5. The Morgan fingerprint density at radius 3 is 0.759 bits per heavy atom. The molecule has 0 atom stereocenters. The SMILES string of the molecule is [H+].[H+].[O-]B([O-])[O-].c1ccc([P+](c2ccccc2)(c2ccccc2)c2ccccc2)cc1. The van der Waals surface area contributed by atoms with Gasteiger partial charge in [0.25, 0.3) is 0 Å². The van der Waals surface area contributed by atoms with Crippen molar-refractivity contribution in [3.63, 3.8) is 0 Å². The van der Waals surface area contributed by atoms with E-state index in [1.807, 2.05) is 0 Å². The summed E-state index contributed by atoms with van der Waals surface area (Å²) in [6.07, 6.45) is 0. The maximum absolute atomic E-state index is 8.42. The Labute approximate surface area is 175 Å². The van der Waals surface area contributed by atoms with Crippen molar-refractivity contribution in [3.05, 3.63) is 121 Å². The molecule has 144 valence electrons. The van der Waals surface area contributed by atoms with Gasteiger partial charge in [0.1, 0.15) is 28.5 Å². The van der Waals surface area contributed by atoms with Gasteiger partial charge in [-0.05, 0) is 48.5 Å². The summed E-state index contributed by atoms with van der Waals surface area (Å²) in [5.41, 5.74) is 0. The molecule has 0 amide bonds. The number of hydrogen-bond acceptors (Lipinski definition) is 3. The van der Waals surface area contributed by atoms with Crippen LogP contribution in [0.5, 0.6) is 0 Å². The largest absolute Gasteiger partial charge is 1.00 e. The predicted molar refractivity (Wildman–Crippen MR) is 119 cm³/mol. The molecule has 3 nitrogen and oxygen atoms in total. The molecule has 0 spiro atoms. The molecule has 0 N–H and O–H groups in total. The second kappa shape index (κ2) is 10.2. The van der Waals surface area contributed by atoms with Crippen molar-refractivity contribution < 1.29 is 17.9 Å². The van der Waals surface area contributed by atoms with Gasteiger partial charge < -0.3 is 15.1 Å². The van der Waals surface area contributed by atoms with Gasteiger partial charge in [0.2, 0.25) is 0 Å². The Hall–Kier alpha value is -2.75. The molecule has 0 aliphatic rings. The summed E-state index contributed by atoms with van der Waals surface area (Å²) >= 11 is 0. The summed E-state index contributed by atoms with van der Waals surface area (Å²) in [6, 6.07) is 43.8. The Morgan fingerprint density at radius 2 is 0.586 bits per heavy atom.